The summed E-state index contributed by atoms with van der Waals surface area (Å²) < 4.78 is 15.8. The molecule has 26 heavy (non-hydrogen) atoms. The maximum absolute atomic E-state index is 6.09. The Bertz CT molecular complexity index is 903. The number of nitrogens with one attached hydrogen (secondary N) is 1. The lowest BCUT2D eigenvalue weighted by Gasteiger charge is -2.11. The molecule has 3 rings (SSSR count). The molecule has 2 heterocycles. The molecule has 0 unspecified atom stereocenters. The highest BCUT2D eigenvalue weighted by Gasteiger charge is 2.12. The van der Waals surface area contributed by atoms with Crippen molar-refractivity contribution in [3.8, 4) is 11.5 Å². The van der Waals surface area contributed by atoms with Crippen molar-refractivity contribution in [3.63, 3.8) is 0 Å². The van der Waals surface area contributed by atoms with Gasteiger partial charge < -0.3 is 25.0 Å². The Kier molecular flexibility index (Phi) is 5.11. The fourth-order valence-corrected chi connectivity index (χ4v) is 2.88. The Balaban J connectivity index is 1.72. The van der Waals surface area contributed by atoms with Gasteiger partial charge >= 0.3 is 0 Å². The summed E-state index contributed by atoms with van der Waals surface area (Å²) in [5, 5.41) is 7.92. The molecule has 0 saturated heterocycles. The van der Waals surface area contributed by atoms with E-state index in [1.54, 1.807) is 26.4 Å². The fraction of sp³-hybridized carbons (Fsp3) is 0.389. The number of benzene rings is 1. The summed E-state index contributed by atoms with van der Waals surface area (Å²) in [7, 11) is 3.16. The van der Waals surface area contributed by atoms with E-state index in [4.69, 9.17) is 19.7 Å². The van der Waals surface area contributed by atoms with Gasteiger partial charge in [-0.1, -0.05) is 5.16 Å². The zero-order valence-electron chi connectivity index (χ0n) is 15.4. The van der Waals surface area contributed by atoms with Crippen molar-refractivity contribution < 1.29 is 14.0 Å². The van der Waals surface area contributed by atoms with E-state index in [0.717, 1.165) is 35.2 Å². The summed E-state index contributed by atoms with van der Waals surface area (Å²) in [6.07, 6.45) is 1.78. The molecule has 0 saturated carbocycles. The third-order valence-corrected chi connectivity index (χ3v) is 4.30. The van der Waals surface area contributed by atoms with Crippen molar-refractivity contribution in [1.29, 1.82) is 0 Å². The Hall–Kier alpha value is -3.03. The van der Waals surface area contributed by atoms with Crippen molar-refractivity contribution >= 4 is 22.7 Å². The predicted molar refractivity (Wildman–Crippen MR) is 99.8 cm³/mol. The van der Waals surface area contributed by atoms with Crippen LogP contribution in [0, 0.1) is 13.8 Å². The first-order valence-corrected chi connectivity index (χ1v) is 8.38. The number of methoxy groups -OCH3 is 2. The van der Waals surface area contributed by atoms with Gasteiger partial charge in [-0.05, 0) is 32.8 Å². The van der Waals surface area contributed by atoms with Gasteiger partial charge in [-0.2, -0.15) is 4.98 Å². The molecular weight excluding hydrogens is 334 g/mol. The number of fused-ring (bicyclic) bond motifs is 1. The first-order valence-electron chi connectivity index (χ1n) is 8.38. The highest BCUT2D eigenvalue weighted by atomic mass is 16.5. The molecule has 3 aromatic rings. The summed E-state index contributed by atoms with van der Waals surface area (Å²) >= 11 is 0. The molecular formula is C18H23N5O3. The van der Waals surface area contributed by atoms with Gasteiger partial charge in [0.2, 0.25) is 5.95 Å². The second-order valence-corrected chi connectivity index (χ2v) is 5.99. The zero-order valence-corrected chi connectivity index (χ0v) is 15.4. The first-order chi connectivity index (χ1) is 12.5. The number of hydrogen-bond acceptors (Lipinski definition) is 8. The number of nitrogen functional groups attached to an aromatic ring is 1. The van der Waals surface area contributed by atoms with Crippen molar-refractivity contribution in [3.05, 3.63) is 29.2 Å². The van der Waals surface area contributed by atoms with Gasteiger partial charge in [-0.25, -0.2) is 4.98 Å². The first kappa shape index (κ1) is 17.8. The average Bonchev–Trinajstić information content (AvgIpc) is 2.96. The van der Waals surface area contributed by atoms with Crippen LogP contribution in [0.4, 0.5) is 11.8 Å². The van der Waals surface area contributed by atoms with Crippen LogP contribution in [0.3, 0.4) is 0 Å². The Labute approximate surface area is 151 Å². The van der Waals surface area contributed by atoms with Crippen LogP contribution in [0.1, 0.15) is 23.4 Å². The minimum atomic E-state index is 0.393. The number of aromatic nitrogens is 3. The van der Waals surface area contributed by atoms with Crippen LogP contribution in [-0.4, -0.2) is 35.9 Å². The van der Waals surface area contributed by atoms with E-state index in [0.29, 0.717) is 35.3 Å². The number of hydrogen-bond donors (Lipinski definition) is 2. The quantitative estimate of drug-likeness (QED) is 0.621. The smallest absolute Gasteiger partial charge is 0.225 e. The summed E-state index contributed by atoms with van der Waals surface area (Å²) in [4.78, 5) is 8.85. The van der Waals surface area contributed by atoms with Crippen molar-refractivity contribution in [2.45, 2.75) is 26.7 Å². The molecule has 0 aliphatic heterocycles. The molecule has 8 nitrogen and oxygen atoms in total. The summed E-state index contributed by atoms with van der Waals surface area (Å²) in [5.74, 6) is 2.94. The van der Waals surface area contributed by atoms with Crippen LogP contribution >= 0.6 is 0 Å². The second kappa shape index (κ2) is 7.47. The second-order valence-electron chi connectivity index (χ2n) is 5.99. The molecule has 2 aromatic heterocycles. The summed E-state index contributed by atoms with van der Waals surface area (Å²) in [5.41, 5.74) is 8.88. The molecule has 8 heteroatoms. The van der Waals surface area contributed by atoms with Crippen LogP contribution in [0.15, 0.2) is 16.7 Å². The zero-order chi connectivity index (χ0) is 18.7. The standard InChI is InChI=1S/C18H23N5O3/c1-10-12(11(2)26-23-10)6-5-7-20-18-21-14-9-16(25-4)15(24-3)8-13(14)17(19)22-18/h8-9H,5-7H2,1-4H3,(H3,19,20,21,22). The van der Waals surface area contributed by atoms with Gasteiger partial charge in [-0.3, -0.25) is 0 Å². The van der Waals surface area contributed by atoms with Gasteiger partial charge in [0, 0.05) is 23.6 Å². The molecule has 0 spiro atoms. The number of rotatable bonds is 7. The monoisotopic (exact) mass is 357 g/mol. The van der Waals surface area contributed by atoms with Crippen LogP contribution in [0.5, 0.6) is 11.5 Å². The third kappa shape index (κ3) is 3.49. The maximum atomic E-state index is 6.09. The van der Waals surface area contributed by atoms with Gasteiger partial charge in [0.05, 0.1) is 25.4 Å². The van der Waals surface area contributed by atoms with Gasteiger partial charge in [0.15, 0.2) is 11.5 Å². The number of anilines is 2. The third-order valence-electron chi connectivity index (χ3n) is 4.30. The predicted octanol–water partition coefficient (Wildman–Crippen LogP) is 2.88. The summed E-state index contributed by atoms with van der Waals surface area (Å²) in [6, 6.07) is 3.58. The van der Waals surface area contributed by atoms with E-state index in [2.05, 4.69) is 20.4 Å². The molecule has 0 radical (unpaired) electrons. The lowest BCUT2D eigenvalue weighted by atomic mass is 10.1. The minimum absolute atomic E-state index is 0.393. The Morgan fingerprint density at radius 3 is 2.50 bits per heavy atom. The van der Waals surface area contributed by atoms with Crippen LogP contribution in [-0.2, 0) is 6.42 Å². The Morgan fingerprint density at radius 2 is 1.85 bits per heavy atom. The van der Waals surface area contributed by atoms with Crippen LogP contribution in [0.25, 0.3) is 10.9 Å². The molecule has 138 valence electrons. The molecule has 0 amide bonds. The van der Waals surface area contributed by atoms with E-state index < -0.39 is 0 Å². The van der Waals surface area contributed by atoms with Crippen molar-refractivity contribution in [2.75, 3.05) is 31.8 Å². The van der Waals surface area contributed by atoms with Crippen molar-refractivity contribution in [1.82, 2.24) is 15.1 Å². The number of nitrogens with two attached hydrogens (primary N) is 1. The van der Waals surface area contributed by atoms with Gasteiger partial charge in [0.1, 0.15) is 11.6 Å². The highest BCUT2D eigenvalue weighted by Crippen LogP contribution is 2.33. The number of nitrogens with zero attached hydrogens (tertiary/aromatic N) is 3. The molecule has 0 aliphatic rings. The van der Waals surface area contributed by atoms with Crippen LogP contribution in [0.2, 0.25) is 0 Å². The van der Waals surface area contributed by atoms with E-state index in [1.165, 1.54) is 0 Å². The van der Waals surface area contributed by atoms with E-state index in [1.807, 2.05) is 13.8 Å². The van der Waals surface area contributed by atoms with E-state index in [-0.39, 0.29) is 0 Å². The molecule has 0 aliphatic carbocycles. The number of ether oxygens (including phenoxy) is 2. The van der Waals surface area contributed by atoms with E-state index >= 15 is 0 Å². The minimum Gasteiger partial charge on any atom is -0.493 e. The SMILES string of the molecule is COc1cc2nc(NCCCc3c(C)noc3C)nc(N)c2cc1OC. The molecule has 0 fully saturated rings. The van der Waals surface area contributed by atoms with Gasteiger partial charge in [-0.15, -0.1) is 0 Å². The lowest BCUT2D eigenvalue weighted by Crippen LogP contribution is -2.08. The van der Waals surface area contributed by atoms with Crippen molar-refractivity contribution in [2.24, 2.45) is 0 Å². The van der Waals surface area contributed by atoms with E-state index in [9.17, 15) is 0 Å². The molecule has 0 bridgehead atoms. The van der Waals surface area contributed by atoms with Gasteiger partial charge in [0.25, 0.3) is 0 Å². The fourth-order valence-electron chi connectivity index (χ4n) is 2.88. The largest absolute Gasteiger partial charge is 0.493 e. The Morgan fingerprint density at radius 1 is 1.12 bits per heavy atom. The molecule has 3 N–H and O–H groups in total. The lowest BCUT2D eigenvalue weighted by molar-refractivity contribution is 0.356. The molecule has 0 atom stereocenters. The van der Waals surface area contributed by atoms with Crippen LogP contribution < -0.4 is 20.5 Å². The normalized spacial score (nSPS) is 10.9. The highest BCUT2D eigenvalue weighted by molar-refractivity contribution is 5.91. The number of aryl methyl sites for hydroxylation is 2. The molecule has 1 aromatic carbocycles. The summed E-state index contributed by atoms with van der Waals surface area (Å²) in [6.45, 7) is 4.59. The maximum Gasteiger partial charge on any atom is 0.225 e. The topological polar surface area (TPSA) is 108 Å². The average molecular weight is 357 g/mol.